The number of hydrogen-bond donors (Lipinski definition) is 2. The van der Waals surface area contributed by atoms with Crippen molar-refractivity contribution in [2.75, 3.05) is 0 Å². The van der Waals surface area contributed by atoms with Gasteiger partial charge in [-0.05, 0) is 18.8 Å². The number of alkyl halides is 2. The first-order chi connectivity index (χ1) is 5.91. The monoisotopic (exact) mass is 194 g/mol. The summed E-state index contributed by atoms with van der Waals surface area (Å²) in [5, 5.41) is 17.2. The van der Waals surface area contributed by atoms with Gasteiger partial charge in [0.15, 0.2) is 6.10 Å². The fourth-order valence-electron chi connectivity index (χ4n) is 1.66. The molecule has 2 unspecified atom stereocenters. The maximum atomic E-state index is 12.6. The van der Waals surface area contributed by atoms with Gasteiger partial charge in [0.25, 0.3) is 0 Å². The molecule has 0 spiro atoms. The molecule has 1 rings (SSSR count). The Kier molecular flexibility index (Phi) is 2.85. The van der Waals surface area contributed by atoms with Crippen LogP contribution in [-0.2, 0) is 4.79 Å². The molecule has 0 heterocycles. The smallest absolute Gasteiger partial charge is 0.332 e. The first-order valence-corrected chi connectivity index (χ1v) is 4.19. The van der Waals surface area contributed by atoms with Gasteiger partial charge in [-0.25, -0.2) is 13.6 Å². The number of aliphatic carboxylic acids is 1. The van der Waals surface area contributed by atoms with E-state index in [-0.39, 0.29) is 25.2 Å². The summed E-state index contributed by atoms with van der Waals surface area (Å²) in [5.74, 6) is -4.36. The van der Waals surface area contributed by atoms with Crippen LogP contribution in [0.25, 0.3) is 0 Å². The summed E-state index contributed by atoms with van der Waals surface area (Å²) in [6, 6.07) is 0. The molecule has 76 valence electrons. The summed E-state index contributed by atoms with van der Waals surface area (Å²) in [5.41, 5.74) is 0. The molecular weight excluding hydrogens is 182 g/mol. The Morgan fingerprint density at radius 1 is 1.62 bits per heavy atom. The molecule has 0 aromatic rings. The topological polar surface area (TPSA) is 57.5 Å². The molecule has 0 bridgehead atoms. The molecule has 13 heavy (non-hydrogen) atoms. The van der Waals surface area contributed by atoms with Crippen LogP contribution in [0.5, 0.6) is 0 Å². The molecule has 3 nitrogen and oxygen atoms in total. The van der Waals surface area contributed by atoms with E-state index < -0.39 is 18.0 Å². The first-order valence-electron chi connectivity index (χ1n) is 4.19. The fraction of sp³-hybridized carbons (Fsp3) is 0.875. The molecule has 2 atom stereocenters. The number of aliphatic hydroxyl groups is 1. The second kappa shape index (κ2) is 3.57. The van der Waals surface area contributed by atoms with E-state index in [9.17, 15) is 13.6 Å². The Hall–Kier alpha value is -0.710. The van der Waals surface area contributed by atoms with Gasteiger partial charge in [0, 0.05) is 12.8 Å². The van der Waals surface area contributed by atoms with Gasteiger partial charge in [-0.1, -0.05) is 0 Å². The van der Waals surface area contributed by atoms with E-state index in [0.29, 0.717) is 6.42 Å². The number of hydrogen-bond acceptors (Lipinski definition) is 2. The van der Waals surface area contributed by atoms with Crippen molar-refractivity contribution < 1.29 is 23.8 Å². The molecule has 1 aliphatic carbocycles. The van der Waals surface area contributed by atoms with E-state index in [1.807, 2.05) is 0 Å². The number of rotatable bonds is 3. The average Bonchev–Trinajstić information content (AvgIpc) is 2.30. The van der Waals surface area contributed by atoms with E-state index in [4.69, 9.17) is 10.2 Å². The average molecular weight is 194 g/mol. The van der Waals surface area contributed by atoms with Crippen LogP contribution in [0.3, 0.4) is 0 Å². The van der Waals surface area contributed by atoms with Crippen LogP contribution in [-0.4, -0.2) is 28.2 Å². The standard InChI is InChI=1S/C8H12F2O3/c9-8(10)2-1-5(4-8)3-6(11)7(12)13/h5-6,11H,1-4H2,(H,12,13). The predicted molar refractivity (Wildman–Crippen MR) is 40.5 cm³/mol. The van der Waals surface area contributed by atoms with Crippen LogP contribution in [0.4, 0.5) is 8.78 Å². The minimum absolute atomic E-state index is 0.0646. The lowest BCUT2D eigenvalue weighted by molar-refractivity contribution is -0.147. The van der Waals surface area contributed by atoms with E-state index in [1.54, 1.807) is 0 Å². The summed E-state index contributed by atoms with van der Waals surface area (Å²) in [7, 11) is 0. The Balaban J connectivity index is 2.36. The second-order valence-corrected chi connectivity index (χ2v) is 3.55. The van der Waals surface area contributed by atoms with Gasteiger partial charge in [0.2, 0.25) is 5.92 Å². The van der Waals surface area contributed by atoms with Gasteiger partial charge in [0.05, 0.1) is 0 Å². The van der Waals surface area contributed by atoms with E-state index >= 15 is 0 Å². The lowest BCUT2D eigenvalue weighted by Crippen LogP contribution is -2.22. The number of carbonyl (C=O) groups is 1. The van der Waals surface area contributed by atoms with Crippen LogP contribution in [0.1, 0.15) is 25.7 Å². The SMILES string of the molecule is O=C(O)C(O)CC1CCC(F)(F)C1. The highest BCUT2D eigenvalue weighted by molar-refractivity contribution is 5.71. The Morgan fingerprint density at radius 3 is 2.62 bits per heavy atom. The fourth-order valence-corrected chi connectivity index (χ4v) is 1.66. The molecule has 2 N–H and O–H groups in total. The lowest BCUT2D eigenvalue weighted by atomic mass is 10.00. The molecule has 0 radical (unpaired) electrons. The quantitative estimate of drug-likeness (QED) is 0.711. The summed E-state index contributed by atoms with van der Waals surface area (Å²) in [6.45, 7) is 0. The van der Waals surface area contributed by atoms with Gasteiger partial charge in [-0.15, -0.1) is 0 Å². The number of aliphatic hydroxyl groups excluding tert-OH is 1. The van der Waals surface area contributed by atoms with E-state index in [0.717, 1.165) is 0 Å². The van der Waals surface area contributed by atoms with Crippen molar-refractivity contribution >= 4 is 5.97 Å². The molecular formula is C8H12F2O3. The zero-order chi connectivity index (χ0) is 10.1. The minimum atomic E-state index is -2.66. The van der Waals surface area contributed by atoms with Crippen molar-refractivity contribution in [1.82, 2.24) is 0 Å². The van der Waals surface area contributed by atoms with Crippen molar-refractivity contribution in [3.05, 3.63) is 0 Å². The zero-order valence-corrected chi connectivity index (χ0v) is 7.04. The van der Waals surface area contributed by atoms with Gasteiger partial charge >= 0.3 is 5.97 Å². The highest BCUT2D eigenvalue weighted by Gasteiger charge is 2.40. The van der Waals surface area contributed by atoms with Crippen LogP contribution in [0, 0.1) is 5.92 Å². The summed E-state index contributed by atoms with van der Waals surface area (Å²) < 4.78 is 25.2. The highest BCUT2D eigenvalue weighted by Crippen LogP contribution is 2.40. The molecule has 0 amide bonds. The maximum absolute atomic E-state index is 12.6. The molecule has 1 aliphatic rings. The van der Waals surface area contributed by atoms with Crippen molar-refractivity contribution in [2.45, 2.75) is 37.7 Å². The van der Waals surface area contributed by atoms with E-state index in [2.05, 4.69) is 0 Å². The maximum Gasteiger partial charge on any atom is 0.332 e. The summed E-state index contributed by atoms with van der Waals surface area (Å²) in [4.78, 5) is 10.2. The third-order valence-corrected chi connectivity index (χ3v) is 2.35. The first kappa shape index (κ1) is 10.4. The predicted octanol–water partition coefficient (Wildman–Crippen LogP) is 1.26. The molecule has 1 saturated carbocycles. The van der Waals surface area contributed by atoms with Gasteiger partial charge in [0.1, 0.15) is 0 Å². The van der Waals surface area contributed by atoms with Crippen molar-refractivity contribution in [3.63, 3.8) is 0 Å². The molecule has 0 aromatic heterocycles. The molecule has 1 fully saturated rings. The molecule has 0 aliphatic heterocycles. The summed E-state index contributed by atoms with van der Waals surface area (Å²) >= 11 is 0. The number of carboxylic acid groups (broad SMARTS) is 1. The van der Waals surface area contributed by atoms with Crippen LogP contribution >= 0.6 is 0 Å². The van der Waals surface area contributed by atoms with Crippen LogP contribution < -0.4 is 0 Å². The number of halogens is 2. The largest absolute Gasteiger partial charge is 0.479 e. The summed E-state index contributed by atoms with van der Waals surface area (Å²) in [6.07, 6.45) is -1.75. The third-order valence-electron chi connectivity index (χ3n) is 2.35. The van der Waals surface area contributed by atoms with Crippen molar-refractivity contribution in [2.24, 2.45) is 5.92 Å². The van der Waals surface area contributed by atoms with Crippen molar-refractivity contribution in [3.8, 4) is 0 Å². The third kappa shape index (κ3) is 2.91. The molecule has 0 aromatic carbocycles. The second-order valence-electron chi connectivity index (χ2n) is 3.55. The van der Waals surface area contributed by atoms with Gasteiger partial charge in [-0.3, -0.25) is 0 Å². The Bertz CT molecular complexity index is 206. The molecule has 5 heteroatoms. The molecule has 0 saturated heterocycles. The van der Waals surface area contributed by atoms with E-state index in [1.165, 1.54) is 0 Å². The van der Waals surface area contributed by atoms with Gasteiger partial charge < -0.3 is 10.2 Å². The minimum Gasteiger partial charge on any atom is -0.479 e. The van der Waals surface area contributed by atoms with Crippen LogP contribution in [0.15, 0.2) is 0 Å². The highest BCUT2D eigenvalue weighted by atomic mass is 19.3. The van der Waals surface area contributed by atoms with Gasteiger partial charge in [-0.2, -0.15) is 0 Å². The Morgan fingerprint density at radius 2 is 2.23 bits per heavy atom. The number of carboxylic acids is 1. The lowest BCUT2D eigenvalue weighted by Gasteiger charge is -2.12. The Labute approximate surface area is 74.4 Å². The normalized spacial score (nSPS) is 28.7. The van der Waals surface area contributed by atoms with Crippen LogP contribution in [0.2, 0.25) is 0 Å². The zero-order valence-electron chi connectivity index (χ0n) is 7.04. The van der Waals surface area contributed by atoms with Crippen molar-refractivity contribution in [1.29, 1.82) is 0 Å².